The zero-order chi connectivity index (χ0) is 20.1. The summed E-state index contributed by atoms with van der Waals surface area (Å²) < 4.78 is 0. The third-order valence-electron chi connectivity index (χ3n) is 4.87. The van der Waals surface area contributed by atoms with E-state index in [4.69, 9.17) is 0 Å². The number of likely N-dealkylation sites (N-methyl/N-ethyl adjacent to an activating group) is 1. The first-order valence-electron chi connectivity index (χ1n) is 9.59. The van der Waals surface area contributed by atoms with Crippen LogP contribution in [0.2, 0.25) is 0 Å². The highest BCUT2D eigenvalue weighted by atomic mass is 32.1. The molecule has 1 N–H and O–H groups in total. The van der Waals surface area contributed by atoms with Crippen LogP contribution in [0.15, 0.2) is 84.4 Å². The molecular formula is C24H23N3OS. The van der Waals surface area contributed by atoms with Gasteiger partial charge in [0.1, 0.15) is 11.0 Å². The van der Waals surface area contributed by atoms with Gasteiger partial charge in [0, 0.05) is 18.1 Å². The third kappa shape index (κ3) is 4.70. The minimum atomic E-state index is -0.227. The predicted octanol–water partition coefficient (Wildman–Crippen LogP) is 4.63. The number of carbonyl (C=O) groups is 1. The van der Waals surface area contributed by atoms with E-state index in [1.165, 1.54) is 16.3 Å². The van der Waals surface area contributed by atoms with Gasteiger partial charge in [-0.25, -0.2) is 4.98 Å². The summed E-state index contributed by atoms with van der Waals surface area (Å²) in [5, 5.41) is 8.43. The topological polar surface area (TPSA) is 45.2 Å². The van der Waals surface area contributed by atoms with Crippen LogP contribution in [-0.4, -0.2) is 29.4 Å². The number of benzene rings is 3. The van der Waals surface area contributed by atoms with Crippen LogP contribution in [0.1, 0.15) is 22.2 Å². The fourth-order valence-electron chi connectivity index (χ4n) is 3.54. The largest absolute Gasteiger partial charge is 0.342 e. The van der Waals surface area contributed by atoms with Crippen LogP contribution in [0.25, 0.3) is 10.8 Å². The van der Waals surface area contributed by atoms with Crippen molar-refractivity contribution in [2.24, 2.45) is 0 Å². The van der Waals surface area contributed by atoms with Crippen LogP contribution >= 0.6 is 11.3 Å². The summed E-state index contributed by atoms with van der Waals surface area (Å²) in [5.74, 6) is -0.0169. The molecule has 0 aliphatic rings. The summed E-state index contributed by atoms with van der Waals surface area (Å²) in [6.07, 6.45) is 1.77. The minimum absolute atomic E-state index is 0.0169. The van der Waals surface area contributed by atoms with Crippen molar-refractivity contribution in [3.05, 3.63) is 101 Å². The maximum atomic E-state index is 12.8. The predicted molar refractivity (Wildman–Crippen MR) is 119 cm³/mol. The fraction of sp³-hybridized carbons (Fsp3) is 0.167. The van der Waals surface area contributed by atoms with E-state index < -0.39 is 0 Å². The summed E-state index contributed by atoms with van der Waals surface area (Å²) in [6, 6.07) is 24.4. The molecule has 1 atom stereocenters. The lowest BCUT2D eigenvalue weighted by Crippen LogP contribution is -2.37. The van der Waals surface area contributed by atoms with E-state index in [1.807, 2.05) is 53.7 Å². The molecule has 1 amide bonds. The number of nitrogens with zero attached hydrogens (tertiary/aromatic N) is 2. The molecule has 4 rings (SSSR count). The highest BCUT2D eigenvalue weighted by Crippen LogP contribution is 2.24. The van der Waals surface area contributed by atoms with Crippen molar-refractivity contribution < 1.29 is 4.79 Å². The number of rotatable bonds is 7. The van der Waals surface area contributed by atoms with E-state index >= 15 is 0 Å². The van der Waals surface area contributed by atoms with Crippen molar-refractivity contribution >= 4 is 28.0 Å². The molecule has 1 aromatic heterocycles. The smallest absolute Gasteiger partial charge is 0.235 e. The molecule has 3 aromatic carbocycles. The molecule has 0 spiro atoms. The molecule has 4 aromatic rings. The van der Waals surface area contributed by atoms with Gasteiger partial charge < -0.3 is 5.32 Å². The SMILES string of the molecule is CN(CC(=O)NC(c1ccccc1)c1nccs1)Cc1cccc2ccccc12. The molecule has 1 heterocycles. The molecule has 0 bridgehead atoms. The van der Waals surface area contributed by atoms with E-state index in [9.17, 15) is 4.79 Å². The molecule has 29 heavy (non-hydrogen) atoms. The van der Waals surface area contributed by atoms with Crippen molar-refractivity contribution in [3.63, 3.8) is 0 Å². The summed E-state index contributed by atoms with van der Waals surface area (Å²) in [4.78, 5) is 19.3. The van der Waals surface area contributed by atoms with Crippen molar-refractivity contribution in [2.45, 2.75) is 12.6 Å². The molecule has 4 nitrogen and oxygen atoms in total. The van der Waals surface area contributed by atoms with Crippen molar-refractivity contribution in [1.29, 1.82) is 0 Å². The lowest BCUT2D eigenvalue weighted by molar-refractivity contribution is -0.122. The average molecular weight is 402 g/mol. The normalized spacial score (nSPS) is 12.2. The Labute approximate surface area is 174 Å². The minimum Gasteiger partial charge on any atom is -0.342 e. The maximum absolute atomic E-state index is 12.8. The van der Waals surface area contributed by atoms with Crippen LogP contribution in [-0.2, 0) is 11.3 Å². The average Bonchev–Trinajstić information content (AvgIpc) is 3.27. The lowest BCUT2D eigenvalue weighted by atomic mass is 10.0. The Morgan fingerprint density at radius 2 is 1.79 bits per heavy atom. The molecule has 0 fully saturated rings. The first-order valence-corrected chi connectivity index (χ1v) is 10.5. The summed E-state index contributed by atoms with van der Waals surface area (Å²) in [5.41, 5.74) is 2.26. The van der Waals surface area contributed by atoms with Gasteiger partial charge in [-0.1, -0.05) is 72.8 Å². The van der Waals surface area contributed by atoms with E-state index in [0.29, 0.717) is 13.1 Å². The molecule has 5 heteroatoms. The van der Waals surface area contributed by atoms with E-state index in [1.54, 1.807) is 17.5 Å². The Morgan fingerprint density at radius 3 is 2.59 bits per heavy atom. The van der Waals surface area contributed by atoms with Crippen LogP contribution < -0.4 is 5.32 Å². The number of aromatic nitrogens is 1. The second kappa shape index (κ2) is 8.99. The number of hydrogen-bond donors (Lipinski definition) is 1. The van der Waals surface area contributed by atoms with E-state index in [-0.39, 0.29) is 11.9 Å². The van der Waals surface area contributed by atoms with Gasteiger partial charge in [0.05, 0.1) is 6.54 Å². The second-order valence-electron chi connectivity index (χ2n) is 7.09. The maximum Gasteiger partial charge on any atom is 0.235 e. The van der Waals surface area contributed by atoms with Crippen LogP contribution in [0.3, 0.4) is 0 Å². The molecular weight excluding hydrogens is 378 g/mol. The van der Waals surface area contributed by atoms with Crippen molar-refractivity contribution in [3.8, 4) is 0 Å². The van der Waals surface area contributed by atoms with Gasteiger partial charge >= 0.3 is 0 Å². The van der Waals surface area contributed by atoms with Gasteiger partial charge in [0.2, 0.25) is 5.91 Å². The summed E-state index contributed by atoms with van der Waals surface area (Å²) >= 11 is 1.55. The van der Waals surface area contributed by atoms with E-state index in [2.05, 4.69) is 46.7 Å². The Balaban J connectivity index is 1.45. The number of fused-ring (bicyclic) bond motifs is 1. The van der Waals surface area contributed by atoms with Crippen molar-refractivity contribution in [2.75, 3.05) is 13.6 Å². The van der Waals surface area contributed by atoms with Gasteiger partial charge in [0.25, 0.3) is 0 Å². The Bertz CT molecular complexity index is 1070. The fourth-order valence-corrected chi connectivity index (χ4v) is 4.25. The van der Waals surface area contributed by atoms with Crippen LogP contribution in [0.5, 0.6) is 0 Å². The molecule has 0 radical (unpaired) electrons. The first-order chi connectivity index (χ1) is 14.2. The number of carbonyl (C=O) groups excluding carboxylic acids is 1. The molecule has 146 valence electrons. The van der Waals surface area contributed by atoms with Crippen molar-refractivity contribution in [1.82, 2.24) is 15.2 Å². The van der Waals surface area contributed by atoms with Gasteiger partial charge in [-0.15, -0.1) is 11.3 Å². The quantitative estimate of drug-likeness (QED) is 0.491. The first kappa shape index (κ1) is 19.3. The number of nitrogens with one attached hydrogen (secondary N) is 1. The Hall–Kier alpha value is -3.02. The van der Waals surface area contributed by atoms with Gasteiger partial charge in [0.15, 0.2) is 0 Å². The molecule has 0 aliphatic heterocycles. The van der Waals surface area contributed by atoms with Crippen LogP contribution in [0.4, 0.5) is 0 Å². The zero-order valence-electron chi connectivity index (χ0n) is 16.3. The Kier molecular flexibility index (Phi) is 5.98. The monoisotopic (exact) mass is 401 g/mol. The highest BCUT2D eigenvalue weighted by Gasteiger charge is 2.20. The van der Waals surface area contributed by atoms with Gasteiger partial charge in [-0.2, -0.15) is 0 Å². The number of amides is 1. The Morgan fingerprint density at radius 1 is 1.03 bits per heavy atom. The number of thiazole rings is 1. The molecule has 1 unspecified atom stereocenters. The van der Waals surface area contributed by atoms with Crippen LogP contribution in [0, 0.1) is 0 Å². The molecule has 0 aliphatic carbocycles. The highest BCUT2D eigenvalue weighted by molar-refractivity contribution is 7.09. The molecule has 0 saturated carbocycles. The van der Waals surface area contributed by atoms with E-state index in [0.717, 1.165) is 10.6 Å². The zero-order valence-corrected chi connectivity index (χ0v) is 17.1. The number of hydrogen-bond acceptors (Lipinski definition) is 4. The van der Waals surface area contributed by atoms with Gasteiger partial charge in [-0.3, -0.25) is 9.69 Å². The summed E-state index contributed by atoms with van der Waals surface area (Å²) in [6.45, 7) is 1.03. The van der Waals surface area contributed by atoms with Gasteiger partial charge in [-0.05, 0) is 28.9 Å². The lowest BCUT2D eigenvalue weighted by Gasteiger charge is -2.21. The second-order valence-corrected chi connectivity index (χ2v) is 8.02. The third-order valence-corrected chi connectivity index (χ3v) is 5.71. The molecule has 0 saturated heterocycles. The summed E-state index contributed by atoms with van der Waals surface area (Å²) in [7, 11) is 1.97. The standard InChI is InChI=1S/C24H23N3OS/c1-27(16-20-12-7-11-18-8-5-6-13-21(18)20)17-22(28)26-23(24-25-14-15-29-24)19-9-3-2-4-10-19/h2-15,23H,16-17H2,1H3,(H,26,28).